The van der Waals surface area contributed by atoms with Gasteiger partial charge in [-0.05, 0) is 38.1 Å². The summed E-state index contributed by atoms with van der Waals surface area (Å²) in [5.74, 6) is -1.38. The average Bonchev–Trinajstić information content (AvgIpc) is 2.68. The molecule has 0 saturated heterocycles. The molecule has 1 aromatic heterocycles. The Bertz CT molecular complexity index is 770. The van der Waals surface area contributed by atoms with E-state index < -0.39 is 23.3 Å². The molecule has 0 fully saturated rings. The molecule has 0 aliphatic carbocycles. The van der Waals surface area contributed by atoms with Gasteiger partial charge in [-0.2, -0.15) is 0 Å². The number of halogens is 1. The van der Waals surface area contributed by atoms with Crippen molar-refractivity contribution in [2.75, 3.05) is 4.90 Å². The lowest BCUT2D eigenvalue weighted by Crippen LogP contribution is -2.43. The van der Waals surface area contributed by atoms with Crippen LogP contribution >= 0.6 is 0 Å². The number of carbonyl (C=O) groups is 1. The normalized spacial score (nSPS) is 10.9. The number of anilines is 1. The molecular weight excluding hydrogens is 281 g/mol. The van der Waals surface area contributed by atoms with E-state index in [2.05, 4.69) is 4.52 Å². The highest BCUT2D eigenvalue weighted by molar-refractivity contribution is 5.93. The summed E-state index contributed by atoms with van der Waals surface area (Å²) in [6.07, 6.45) is 0. The van der Waals surface area contributed by atoms with E-state index >= 15 is 0 Å². The van der Waals surface area contributed by atoms with Gasteiger partial charge in [-0.15, -0.1) is 0 Å². The molecule has 0 aliphatic rings. The van der Waals surface area contributed by atoms with E-state index in [1.807, 2.05) is 0 Å². The van der Waals surface area contributed by atoms with Crippen molar-refractivity contribution >= 4 is 11.7 Å². The Morgan fingerprint density at radius 1 is 1.24 bits per heavy atom. The lowest BCUT2D eigenvalue weighted by Gasteiger charge is -2.25. The van der Waals surface area contributed by atoms with E-state index in [4.69, 9.17) is 0 Å². The number of rotatable bonds is 2. The van der Waals surface area contributed by atoms with Gasteiger partial charge in [-0.3, -0.25) is 4.90 Å². The van der Waals surface area contributed by atoms with Crippen molar-refractivity contribution in [3.63, 3.8) is 0 Å². The Morgan fingerprint density at radius 3 is 2.24 bits per heavy atom. The SMILES string of the molecule is CC(C)N(C(=O)n1oc(=O)n(C)c1=O)c1ccc(F)cc1. The summed E-state index contributed by atoms with van der Waals surface area (Å²) < 4.78 is 18.7. The molecule has 1 aromatic carbocycles. The number of hydrogen-bond donors (Lipinski definition) is 0. The number of nitrogens with zero attached hydrogens (tertiary/aromatic N) is 3. The van der Waals surface area contributed by atoms with Crippen LogP contribution in [0.2, 0.25) is 0 Å². The van der Waals surface area contributed by atoms with Crippen molar-refractivity contribution in [3.05, 3.63) is 51.1 Å². The van der Waals surface area contributed by atoms with Crippen LogP contribution in [0.5, 0.6) is 0 Å². The van der Waals surface area contributed by atoms with E-state index in [0.717, 1.165) is 0 Å². The molecule has 0 bridgehead atoms. The summed E-state index contributed by atoms with van der Waals surface area (Å²) in [4.78, 5) is 36.7. The molecule has 0 atom stereocenters. The molecule has 0 aliphatic heterocycles. The lowest BCUT2D eigenvalue weighted by atomic mass is 10.2. The lowest BCUT2D eigenvalue weighted by molar-refractivity contribution is 0.208. The van der Waals surface area contributed by atoms with E-state index in [0.29, 0.717) is 15.0 Å². The fraction of sp³-hybridized carbons (Fsp3) is 0.308. The van der Waals surface area contributed by atoms with Crippen molar-refractivity contribution in [1.82, 2.24) is 9.31 Å². The van der Waals surface area contributed by atoms with Gasteiger partial charge >= 0.3 is 17.5 Å². The maximum Gasteiger partial charge on any atom is 0.442 e. The first-order valence-electron chi connectivity index (χ1n) is 6.21. The topological polar surface area (TPSA) is 77.5 Å². The maximum absolute atomic E-state index is 13.0. The van der Waals surface area contributed by atoms with Crippen molar-refractivity contribution in [1.29, 1.82) is 0 Å². The Labute approximate surface area is 118 Å². The second-order valence-corrected chi connectivity index (χ2v) is 4.72. The van der Waals surface area contributed by atoms with Gasteiger partial charge in [0.15, 0.2) is 0 Å². The molecule has 2 aromatic rings. The van der Waals surface area contributed by atoms with Crippen molar-refractivity contribution in [2.45, 2.75) is 19.9 Å². The first kappa shape index (κ1) is 14.8. The summed E-state index contributed by atoms with van der Waals surface area (Å²) in [6.45, 7) is 3.43. The van der Waals surface area contributed by atoms with Crippen LogP contribution in [0.1, 0.15) is 13.8 Å². The molecule has 0 unspecified atom stereocenters. The van der Waals surface area contributed by atoms with Crippen LogP contribution in [-0.2, 0) is 7.05 Å². The quantitative estimate of drug-likeness (QED) is 0.833. The Morgan fingerprint density at radius 2 is 1.81 bits per heavy atom. The number of benzene rings is 1. The summed E-state index contributed by atoms with van der Waals surface area (Å²) >= 11 is 0. The minimum atomic E-state index is -0.934. The van der Waals surface area contributed by atoms with Crippen LogP contribution < -0.4 is 16.3 Å². The van der Waals surface area contributed by atoms with E-state index in [1.165, 1.54) is 36.2 Å². The smallest absolute Gasteiger partial charge is 0.307 e. The summed E-state index contributed by atoms with van der Waals surface area (Å²) in [5.41, 5.74) is -0.493. The fourth-order valence-corrected chi connectivity index (χ4v) is 1.84. The van der Waals surface area contributed by atoms with Gasteiger partial charge in [0.05, 0.1) is 0 Å². The minimum absolute atomic E-state index is 0.333. The number of amides is 1. The summed E-state index contributed by atoms with van der Waals surface area (Å²) in [6, 6.07) is 4.04. The zero-order valence-corrected chi connectivity index (χ0v) is 11.7. The number of carbonyl (C=O) groups excluding carboxylic acids is 1. The van der Waals surface area contributed by atoms with Gasteiger partial charge in [0.25, 0.3) is 0 Å². The van der Waals surface area contributed by atoms with Gasteiger partial charge in [0.1, 0.15) is 5.82 Å². The van der Waals surface area contributed by atoms with Crippen LogP contribution in [0.3, 0.4) is 0 Å². The molecule has 2 rings (SSSR count). The second kappa shape index (κ2) is 5.39. The molecule has 1 heterocycles. The molecule has 112 valence electrons. The van der Waals surface area contributed by atoms with Gasteiger partial charge in [0, 0.05) is 18.8 Å². The summed E-state index contributed by atoms with van der Waals surface area (Å²) in [7, 11) is 1.20. The van der Waals surface area contributed by atoms with Gasteiger partial charge < -0.3 is 4.52 Å². The summed E-state index contributed by atoms with van der Waals surface area (Å²) in [5, 5.41) is 0. The van der Waals surface area contributed by atoms with Crippen molar-refractivity contribution in [2.24, 2.45) is 7.05 Å². The van der Waals surface area contributed by atoms with Crippen LogP contribution in [0.15, 0.2) is 38.4 Å². The first-order chi connectivity index (χ1) is 9.82. The van der Waals surface area contributed by atoms with Gasteiger partial charge in [-0.1, -0.05) is 4.74 Å². The zero-order valence-electron chi connectivity index (χ0n) is 11.7. The van der Waals surface area contributed by atoms with Gasteiger partial charge in [0.2, 0.25) is 0 Å². The minimum Gasteiger partial charge on any atom is -0.307 e. The predicted octanol–water partition coefficient (Wildman–Crippen LogP) is 1.16. The zero-order chi connectivity index (χ0) is 15.7. The largest absolute Gasteiger partial charge is 0.442 e. The first-order valence-corrected chi connectivity index (χ1v) is 6.21. The van der Waals surface area contributed by atoms with E-state index in [1.54, 1.807) is 13.8 Å². The molecule has 0 spiro atoms. The monoisotopic (exact) mass is 295 g/mol. The standard InChI is InChI=1S/C13H14FN3O4/c1-8(2)16(10-6-4-9(14)5-7-10)12(19)17-11(18)15(3)13(20)21-17/h4-8H,1-3H3. The predicted molar refractivity (Wildman–Crippen MR) is 73.0 cm³/mol. The van der Waals surface area contributed by atoms with Crippen molar-refractivity contribution < 1.29 is 13.7 Å². The Kier molecular flexibility index (Phi) is 3.79. The van der Waals surface area contributed by atoms with Crippen LogP contribution in [0, 0.1) is 5.82 Å². The molecule has 8 heteroatoms. The molecule has 0 radical (unpaired) electrons. The van der Waals surface area contributed by atoms with Crippen LogP contribution in [0.4, 0.5) is 14.9 Å². The Hall–Kier alpha value is -2.64. The average molecular weight is 295 g/mol. The third kappa shape index (κ3) is 2.64. The molecular formula is C13H14FN3O4. The molecule has 0 saturated carbocycles. The highest BCUT2D eigenvalue weighted by Gasteiger charge is 2.25. The number of hydrogen-bond acceptors (Lipinski definition) is 4. The molecule has 21 heavy (non-hydrogen) atoms. The fourth-order valence-electron chi connectivity index (χ4n) is 1.84. The maximum atomic E-state index is 13.0. The van der Waals surface area contributed by atoms with Crippen LogP contribution in [0.25, 0.3) is 0 Å². The highest BCUT2D eigenvalue weighted by Crippen LogP contribution is 2.18. The van der Waals surface area contributed by atoms with Crippen LogP contribution in [-0.4, -0.2) is 21.4 Å². The van der Waals surface area contributed by atoms with Crippen molar-refractivity contribution in [3.8, 4) is 0 Å². The van der Waals surface area contributed by atoms with E-state index in [-0.39, 0.29) is 6.04 Å². The second-order valence-electron chi connectivity index (χ2n) is 4.72. The van der Waals surface area contributed by atoms with E-state index in [9.17, 15) is 18.8 Å². The molecule has 0 N–H and O–H groups in total. The molecule has 7 nitrogen and oxygen atoms in total. The third-order valence-electron chi connectivity index (χ3n) is 2.90. The van der Waals surface area contributed by atoms with Gasteiger partial charge in [-0.25, -0.2) is 23.3 Å². The third-order valence-corrected chi connectivity index (χ3v) is 2.90. The molecule has 1 amide bonds. The Balaban J connectivity index is 2.50. The number of aromatic nitrogens is 2. The highest BCUT2D eigenvalue weighted by atomic mass is 19.1.